The van der Waals surface area contributed by atoms with Crippen LogP contribution in [-0.2, 0) is 13.7 Å². The summed E-state index contributed by atoms with van der Waals surface area (Å²) in [6.45, 7) is 2.05. The van der Waals surface area contributed by atoms with Crippen molar-refractivity contribution >= 4 is 5.97 Å². The van der Waals surface area contributed by atoms with E-state index in [1.165, 1.54) is 10.9 Å². The minimum atomic E-state index is -1.01. The van der Waals surface area contributed by atoms with Crippen molar-refractivity contribution in [2.45, 2.75) is 13.5 Å². The van der Waals surface area contributed by atoms with Crippen molar-refractivity contribution in [3.05, 3.63) is 41.3 Å². The molecule has 2 aromatic rings. The molecule has 0 unspecified atom stereocenters. The molecule has 6 heteroatoms. The van der Waals surface area contributed by atoms with Gasteiger partial charge in [-0.3, -0.25) is 4.68 Å². The maximum atomic E-state index is 11.0. The number of aromatic carboxylic acids is 1. The third kappa shape index (κ3) is 2.48. The average molecular weight is 247 g/mol. The maximum Gasteiger partial charge on any atom is 0.339 e. The fourth-order valence-electron chi connectivity index (χ4n) is 1.54. The maximum absolute atomic E-state index is 11.0. The average Bonchev–Trinajstić information content (AvgIpc) is 2.68. The van der Waals surface area contributed by atoms with E-state index < -0.39 is 5.97 Å². The molecule has 0 aliphatic heterocycles. The van der Waals surface area contributed by atoms with Crippen LogP contribution in [0.5, 0.6) is 5.88 Å². The van der Waals surface area contributed by atoms with Crippen molar-refractivity contribution in [2.75, 3.05) is 0 Å². The molecule has 0 fully saturated rings. The molecule has 2 heterocycles. The predicted octanol–water partition coefficient (Wildman–Crippen LogP) is 1.40. The van der Waals surface area contributed by atoms with E-state index in [0.29, 0.717) is 11.6 Å². The van der Waals surface area contributed by atoms with Gasteiger partial charge in [0.25, 0.3) is 0 Å². The Bertz CT molecular complexity index is 578. The molecule has 0 radical (unpaired) electrons. The number of hydrogen-bond acceptors (Lipinski definition) is 4. The number of pyridine rings is 1. The van der Waals surface area contributed by atoms with E-state index in [2.05, 4.69) is 10.1 Å². The van der Waals surface area contributed by atoms with Crippen molar-refractivity contribution in [2.24, 2.45) is 7.05 Å². The van der Waals surface area contributed by atoms with E-state index in [1.807, 2.05) is 13.0 Å². The second-order valence-electron chi connectivity index (χ2n) is 3.89. The molecule has 18 heavy (non-hydrogen) atoms. The third-order valence-corrected chi connectivity index (χ3v) is 2.54. The Balaban J connectivity index is 2.15. The normalized spacial score (nSPS) is 10.3. The standard InChI is InChI=1S/C12H13N3O3/c1-8-3-4-13-11(5-8)18-7-10-9(12(16)17)6-14-15(10)2/h3-6H,7H2,1-2H3,(H,16,17). The smallest absolute Gasteiger partial charge is 0.339 e. The molecule has 0 spiro atoms. The zero-order valence-corrected chi connectivity index (χ0v) is 10.1. The van der Waals surface area contributed by atoms with Crippen molar-refractivity contribution < 1.29 is 14.6 Å². The molecule has 0 aromatic carbocycles. The summed E-state index contributed by atoms with van der Waals surface area (Å²) < 4.78 is 6.95. The van der Waals surface area contributed by atoms with Gasteiger partial charge in [0.05, 0.1) is 11.9 Å². The predicted molar refractivity (Wildman–Crippen MR) is 63.5 cm³/mol. The number of carboxylic acid groups (broad SMARTS) is 1. The highest BCUT2D eigenvalue weighted by atomic mass is 16.5. The van der Waals surface area contributed by atoms with Gasteiger partial charge in [-0.15, -0.1) is 0 Å². The van der Waals surface area contributed by atoms with E-state index >= 15 is 0 Å². The summed E-state index contributed by atoms with van der Waals surface area (Å²) in [6.07, 6.45) is 2.96. The monoisotopic (exact) mass is 247 g/mol. The molecule has 0 saturated heterocycles. The summed E-state index contributed by atoms with van der Waals surface area (Å²) in [6, 6.07) is 3.65. The minimum Gasteiger partial charge on any atom is -0.478 e. The van der Waals surface area contributed by atoms with Crippen LogP contribution < -0.4 is 4.74 Å². The molecule has 0 bridgehead atoms. The van der Waals surface area contributed by atoms with Gasteiger partial charge in [0.2, 0.25) is 5.88 Å². The summed E-state index contributed by atoms with van der Waals surface area (Å²) >= 11 is 0. The lowest BCUT2D eigenvalue weighted by Crippen LogP contribution is -2.09. The number of carbonyl (C=O) groups is 1. The number of hydrogen-bond donors (Lipinski definition) is 1. The Kier molecular flexibility index (Phi) is 3.27. The van der Waals surface area contributed by atoms with Crippen molar-refractivity contribution in [3.63, 3.8) is 0 Å². The molecule has 0 atom stereocenters. The Hall–Kier alpha value is -2.37. The Labute approximate surface area is 104 Å². The number of aryl methyl sites for hydroxylation is 2. The van der Waals surface area contributed by atoms with Gasteiger partial charge in [-0.2, -0.15) is 5.10 Å². The van der Waals surface area contributed by atoms with Gasteiger partial charge >= 0.3 is 5.97 Å². The lowest BCUT2D eigenvalue weighted by atomic mass is 10.2. The topological polar surface area (TPSA) is 77.2 Å². The van der Waals surface area contributed by atoms with Crippen LogP contribution in [0.2, 0.25) is 0 Å². The second kappa shape index (κ2) is 4.87. The summed E-state index contributed by atoms with van der Waals surface area (Å²) in [5.41, 5.74) is 1.68. The molecule has 94 valence electrons. The number of rotatable bonds is 4. The first kappa shape index (κ1) is 12.1. The highest BCUT2D eigenvalue weighted by Gasteiger charge is 2.15. The first-order valence-corrected chi connectivity index (χ1v) is 5.37. The van der Waals surface area contributed by atoms with Crippen LogP contribution >= 0.6 is 0 Å². The fourth-order valence-corrected chi connectivity index (χ4v) is 1.54. The van der Waals surface area contributed by atoms with Crippen molar-refractivity contribution in [1.82, 2.24) is 14.8 Å². The fraction of sp³-hybridized carbons (Fsp3) is 0.250. The third-order valence-electron chi connectivity index (χ3n) is 2.54. The zero-order valence-electron chi connectivity index (χ0n) is 10.1. The van der Waals surface area contributed by atoms with Crippen LogP contribution in [0.1, 0.15) is 21.6 Å². The molecule has 1 N–H and O–H groups in total. The van der Waals surface area contributed by atoms with Crippen LogP contribution in [0.15, 0.2) is 24.5 Å². The Morgan fingerprint density at radius 3 is 3.00 bits per heavy atom. The Morgan fingerprint density at radius 2 is 2.33 bits per heavy atom. The molecule has 2 rings (SSSR count). The summed E-state index contributed by atoms with van der Waals surface area (Å²) in [5.74, 6) is -0.550. The highest BCUT2D eigenvalue weighted by Crippen LogP contribution is 2.13. The summed E-state index contributed by atoms with van der Waals surface area (Å²) in [4.78, 5) is 15.0. The van der Waals surface area contributed by atoms with Crippen molar-refractivity contribution in [1.29, 1.82) is 0 Å². The number of ether oxygens (including phenoxy) is 1. The number of nitrogens with zero attached hydrogens (tertiary/aromatic N) is 3. The quantitative estimate of drug-likeness (QED) is 0.883. The van der Waals surface area contributed by atoms with E-state index in [-0.39, 0.29) is 12.2 Å². The summed E-state index contributed by atoms with van der Waals surface area (Å²) in [7, 11) is 1.68. The second-order valence-corrected chi connectivity index (χ2v) is 3.89. The molecular formula is C12H13N3O3. The zero-order chi connectivity index (χ0) is 13.1. The number of aromatic nitrogens is 3. The van der Waals surface area contributed by atoms with Gasteiger partial charge < -0.3 is 9.84 Å². The van der Waals surface area contributed by atoms with Crippen LogP contribution in [0.4, 0.5) is 0 Å². The lowest BCUT2D eigenvalue weighted by Gasteiger charge is -2.07. The molecule has 0 saturated carbocycles. The van der Waals surface area contributed by atoms with Crippen LogP contribution in [-0.4, -0.2) is 25.8 Å². The largest absolute Gasteiger partial charge is 0.478 e. The molecule has 6 nitrogen and oxygen atoms in total. The van der Waals surface area contributed by atoms with E-state index in [1.54, 1.807) is 19.3 Å². The van der Waals surface area contributed by atoms with Gasteiger partial charge in [0, 0.05) is 19.3 Å². The molecule has 0 aliphatic carbocycles. The van der Waals surface area contributed by atoms with E-state index in [0.717, 1.165) is 5.56 Å². The van der Waals surface area contributed by atoms with E-state index in [9.17, 15) is 4.79 Å². The SMILES string of the molecule is Cc1ccnc(OCc2c(C(=O)O)cnn2C)c1. The molecular weight excluding hydrogens is 234 g/mol. The van der Waals surface area contributed by atoms with E-state index in [4.69, 9.17) is 9.84 Å². The van der Waals surface area contributed by atoms with Crippen LogP contribution in [0.3, 0.4) is 0 Å². The van der Waals surface area contributed by atoms with Gasteiger partial charge in [-0.05, 0) is 18.6 Å². The molecule has 0 amide bonds. The van der Waals surface area contributed by atoms with Gasteiger partial charge in [0.1, 0.15) is 12.2 Å². The lowest BCUT2D eigenvalue weighted by molar-refractivity contribution is 0.0693. The molecule has 0 aliphatic rings. The number of carboxylic acids is 1. The minimum absolute atomic E-state index is 0.120. The van der Waals surface area contributed by atoms with Gasteiger partial charge in [0.15, 0.2) is 0 Å². The first-order chi connectivity index (χ1) is 8.58. The van der Waals surface area contributed by atoms with Gasteiger partial charge in [-0.25, -0.2) is 9.78 Å². The summed E-state index contributed by atoms with van der Waals surface area (Å²) in [5, 5.41) is 12.9. The van der Waals surface area contributed by atoms with Gasteiger partial charge in [-0.1, -0.05) is 0 Å². The Morgan fingerprint density at radius 1 is 1.56 bits per heavy atom. The van der Waals surface area contributed by atoms with Crippen LogP contribution in [0.25, 0.3) is 0 Å². The highest BCUT2D eigenvalue weighted by molar-refractivity contribution is 5.88. The van der Waals surface area contributed by atoms with Crippen LogP contribution in [0, 0.1) is 6.92 Å². The van der Waals surface area contributed by atoms with Crippen molar-refractivity contribution in [3.8, 4) is 5.88 Å². The molecule has 2 aromatic heterocycles. The first-order valence-electron chi connectivity index (χ1n) is 5.37.